The minimum atomic E-state index is -4.44. The first kappa shape index (κ1) is 7.71. The number of hydrogen-bond acceptors (Lipinski definition) is 2. The van der Waals surface area contributed by atoms with Crippen LogP contribution in [0.5, 0.6) is 0 Å². The lowest BCUT2D eigenvalue weighted by molar-refractivity contribution is -0.210. The summed E-state index contributed by atoms with van der Waals surface area (Å²) in [5, 5.41) is 0. The lowest BCUT2D eigenvalue weighted by atomic mass is 10.6. The van der Waals surface area contributed by atoms with Gasteiger partial charge in [0, 0.05) is 7.11 Å². The Labute approximate surface area is 44.4 Å². The van der Waals surface area contributed by atoms with Crippen LogP contribution in [0, 0.1) is 0 Å². The second-order valence-electron chi connectivity index (χ2n) is 1.20. The molecule has 0 aromatic heterocycles. The normalized spacial score (nSPS) is 16.1. The first-order valence-corrected chi connectivity index (χ1v) is 1.83. The van der Waals surface area contributed by atoms with Crippen LogP contribution in [0.15, 0.2) is 0 Å². The maximum Gasteiger partial charge on any atom is 0.427 e. The van der Waals surface area contributed by atoms with Crippen molar-refractivity contribution in [2.75, 3.05) is 7.11 Å². The summed E-state index contributed by atoms with van der Waals surface area (Å²) in [7, 11) is 0.901. The van der Waals surface area contributed by atoms with Crippen molar-refractivity contribution in [2.24, 2.45) is 5.73 Å². The summed E-state index contributed by atoms with van der Waals surface area (Å²) >= 11 is 0. The van der Waals surface area contributed by atoms with Crippen molar-refractivity contribution in [3.8, 4) is 0 Å². The van der Waals surface area contributed by atoms with Crippen molar-refractivity contribution in [2.45, 2.75) is 12.4 Å². The largest absolute Gasteiger partial charge is 0.427 e. The first-order valence-electron chi connectivity index (χ1n) is 1.83. The van der Waals surface area contributed by atoms with Crippen molar-refractivity contribution in [1.82, 2.24) is 0 Å². The molecule has 0 rings (SSSR count). The van der Waals surface area contributed by atoms with E-state index in [-0.39, 0.29) is 0 Å². The van der Waals surface area contributed by atoms with Gasteiger partial charge in [0.05, 0.1) is 0 Å². The van der Waals surface area contributed by atoms with Crippen LogP contribution in [-0.2, 0) is 4.74 Å². The smallest absolute Gasteiger partial charge is 0.358 e. The Balaban J connectivity index is 3.62. The summed E-state index contributed by atoms with van der Waals surface area (Å²) in [5.74, 6) is 0. The summed E-state index contributed by atoms with van der Waals surface area (Å²) in [6.07, 6.45) is -6.59. The van der Waals surface area contributed by atoms with Crippen LogP contribution in [0.1, 0.15) is 0 Å². The van der Waals surface area contributed by atoms with E-state index in [4.69, 9.17) is 0 Å². The number of rotatable bonds is 1. The van der Waals surface area contributed by atoms with Crippen molar-refractivity contribution in [1.29, 1.82) is 0 Å². The zero-order valence-corrected chi connectivity index (χ0v) is 4.20. The van der Waals surface area contributed by atoms with Gasteiger partial charge in [0.25, 0.3) is 0 Å². The fourth-order valence-corrected chi connectivity index (χ4v) is 0.134. The molecule has 0 radical (unpaired) electrons. The topological polar surface area (TPSA) is 35.2 Å². The zero-order valence-electron chi connectivity index (χ0n) is 4.20. The number of alkyl halides is 3. The van der Waals surface area contributed by atoms with Crippen molar-refractivity contribution < 1.29 is 17.9 Å². The quantitative estimate of drug-likeness (QED) is 0.522. The number of nitrogens with two attached hydrogens (primary N) is 1. The number of halogens is 3. The molecule has 0 saturated heterocycles. The second-order valence-corrected chi connectivity index (χ2v) is 1.20. The number of methoxy groups -OCH3 is 1. The minimum absolute atomic E-state index is 0.901. The van der Waals surface area contributed by atoms with Crippen LogP contribution in [-0.4, -0.2) is 19.5 Å². The van der Waals surface area contributed by atoms with E-state index < -0.39 is 12.4 Å². The molecule has 50 valence electrons. The summed E-state index contributed by atoms with van der Waals surface area (Å²) < 4.78 is 37.4. The van der Waals surface area contributed by atoms with Gasteiger partial charge in [-0.05, 0) is 0 Å². The molecule has 1 atom stereocenters. The fourth-order valence-electron chi connectivity index (χ4n) is 0.134. The van der Waals surface area contributed by atoms with Crippen molar-refractivity contribution in [3.63, 3.8) is 0 Å². The van der Waals surface area contributed by atoms with Gasteiger partial charge in [0.1, 0.15) is 0 Å². The van der Waals surface area contributed by atoms with Gasteiger partial charge in [-0.2, -0.15) is 13.2 Å². The molecule has 2 nitrogen and oxygen atoms in total. The van der Waals surface area contributed by atoms with Crippen LogP contribution < -0.4 is 5.73 Å². The van der Waals surface area contributed by atoms with Gasteiger partial charge in [0.15, 0.2) is 0 Å². The van der Waals surface area contributed by atoms with Crippen LogP contribution in [0.4, 0.5) is 13.2 Å². The predicted molar refractivity (Wildman–Crippen MR) is 21.0 cm³/mol. The van der Waals surface area contributed by atoms with E-state index in [1.807, 2.05) is 0 Å². The van der Waals surface area contributed by atoms with Crippen LogP contribution in [0.2, 0.25) is 0 Å². The Bertz CT molecular complexity index is 71.4. The summed E-state index contributed by atoms with van der Waals surface area (Å²) in [6.45, 7) is 0. The highest BCUT2D eigenvalue weighted by Gasteiger charge is 2.36. The molecule has 0 saturated carbocycles. The molecule has 0 fully saturated rings. The molecule has 0 aliphatic carbocycles. The fraction of sp³-hybridized carbons (Fsp3) is 1.00. The summed E-state index contributed by atoms with van der Waals surface area (Å²) in [4.78, 5) is 0. The van der Waals surface area contributed by atoms with E-state index in [9.17, 15) is 13.2 Å². The maximum absolute atomic E-state index is 11.2. The van der Waals surface area contributed by atoms with Crippen LogP contribution in [0.25, 0.3) is 0 Å². The monoisotopic (exact) mass is 129 g/mol. The van der Waals surface area contributed by atoms with Crippen LogP contribution in [0.3, 0.4) is 0 Å². The summed E-state index contributed by atoms with van der Waals surface area (Å²) in [6, 6.07) is 0. The van der Waals surface area contributed by atoms with Crippen molar-refractivity contribution in [3.05, 3.63) is 0 Å². The lowest BCUT2D eigenvalue weighted by Crippen LogP contribution is -2.38. The predicted octanol–water partition coefficient (Wildman–Crippen LogP) is 0.480. The molecule has 5 heteroatoms. The minimum Gasteiger partial charge on any atom is -0.358 e. The Hall–Kier alpha value is -0.290. The maximum atomic E-state index is 11.2. The zero-order chi connectivity index (χ0) is 6.78. The Kier molecular flexibility index (Phi) is 2.24. The van der Waals surface area contributed by atoms with Crippen molar-refractivity contribution >= 4 is 0 Å². The van der Waals surface area contributed by atoms with Gasteiger partial charge in [-0.3, -0.25) is 5.73 Å². The molecule has 0 spiro atoms. The average molecular weight is 129 g/mol. The highest BCUT2D eigenvalue weighted by Crippen LogP contribution is 2.17. The van der Waals surface area contributed by atoms with Crippen LogP contribution >= 0.6 is 0 Å². The molecule has 0 aromatic carbocycles. The molecular weight excluding hydrogens is 123 g/mol. The first-order chi connectivity index (χ1) is 3.48. The summed E-state index contributed by atoms with van der Waals surface area (Å²) in [5.41, 5.74) is 4.40. The van der Waals surface area contributed by atoms with E-state index in [2.05, 4.69) is 10.5 Å². The molecule has 0 aliphatic heterocycles. The van der Waals surface area contributed by atoms with E-state index in [0.29, 0.717) is 0 Å². The molecule has 0 bridgehead atoms. The third kappa shape index (κ3) is 2.13. The second kappa shape index (κ2) is 2.32. The Morgan fingerprint density at radius 1 is 1.50 bits per heavy atom. The standard InChI is InChI=1S/C3H6F3NO/c1-8-2(7)3(4,5)6/h2H,7H2,1H3. The molecule has 0 amide bonds. The van der Waals surface area contributed by atoms with E-state index in [1.54, 1.807) is 0 Å². The van der Waals surface area contributed by atoms with Gasteiger partial charge >= 0.3 is 6.18 Å². The highest BCUT2D eigenvalue weighted by molar-refractivity contribution is 4.56. The SMILES string of the molecule is COC(N)C(F)(F)F. The Morgan fingerprint density at radius 3 is 1.88 bits per heavy atom. The molecule has 0 heterocycles. The van der Waals surface area contributed by atoms with Gasteiger partial charge in [-0.15, -0.1) is 0 Å². The third-order valence-electron chi connectivity index (χ3n) is 0.577. The van der Waals surface area contributed by atoms with E-state index in [1.165, 1.54) is 0 Å². The van der Waals surface area contributed by atoms with Gasteiger partial charge in [-0.1, -0.05) is 0 Å². The molecule has 0 aliphatic rings. The molecule has 2 N–H and O–H groups in total. The number of hydrogen-bond donors (Lipinski definition) is 1. The Morgan fingerprint density at radius 2 is 1.88 bits per heavy atom. The lowest BCUT2D eigenvalue weighted by Gasteiger charge is -2.11. The number of ether oxygens (including phenoxy) is 1. The van der Waals surface area contributed by atoms with Gasteiger partial charge in [0.2, 0.25) is 6.23 Å². The van der Waals surface area contributed by atoms with Gasteiger partial charge in [-0.25, -0.2) is 0 Å². The third-order valence-corrected chi connectivity index (χ3v) is 0.577. The van der Waals surface area contributed by atoms with E-state index in [0.717, 1.165) is 7.11 Å². The average Bonchev–Trinajstić information content (AvgIpc) is 1.62. The molecular formula is C3H6F3NO. The van der Waals surface area contributed by atoms with E-state index >= 15 is 0 Å². The molecule has 1 unspecified atom stereocenters. The van der Waals surface area contributed by atoms with Gasteiger partial charge < -0.3 is 4.74 Å². The molecule has 0 aromatic rings. The highest BCUT2D eigenvalue weighted by atomic mass is 19.4. The molecule has 8 heavy (non-hydrogen) atoms.